The van der Waals surface area contributed by atoms with Crippen LogP contribution in [-0.2, 0) is 11.2 Å². The molecule has 0 amide bonds. The maximum absolute atomic E-state index is 11.2. The Morgan fingerprint density at radius 2 is 1.56 bits per heavy atom. The van der Waals surface area contributed by atoms with E-state index in [1.807, 2.05) is 12.1 Å². The molecule has 0 aromatic heterocycles. The van der Waals surface area contributed by atoms with Crippen molar-refractivity contribution in [1.82, 2.24) is 0 Å². The highest BCUT2D eigenvalue weighted by Gasteiger charge is 2.28. The summed E-state index contributed by atoms with van der Waals surface area (Å²) in [6, 6.07) is 7.28. The van der Waals surface area contributed by atoms with Crippen molar-refractivity contribution in [3.63, 3.8) is 0 Å². The number of hydrogen-bond donors (Lipinski definition) is 3. The van der Waals surface area contributed by atoms with Crippen LogP contribution in [0.15, 0.2) is 24.3 Å². The molecule has 0 aliphatic rings. The second-order valence-electron chi connectivity index (χ2n) is 5.63. The fraction of sp³-hybridized carbons (Fsp3) is 0.188. The van der Waals surface area contributed by atoms with E-state index in [0.29, 0.717) is 18.6 Å². The van der Waals surface area contributed by atoms with Crippen molar-refractivity contribution in [2.24, 2.45) is 5.73 Å². The van der Waals surface area contributed by atoms with Crippen LogP contribution in [0.2, 0.25) is 0 Å². The van der Waals surface area contributed by atoms with E-state index in [0.717, 1.165) is 12.7 Å². The molecular weight excluding hydrogens is 778 g/mol. The zero-order chi connectivity index (χ0) is 18.9. The lowest BCUT2D eigenvalue weighted by Crippen LogP contribution is -2.46. The Bertz CT molecular complexity index is 793. The summed E-state index contributed by atoms with van der Waals surface area (Å²) >= 11 is 8.43. The van der Waals surface area contributed by atoms with Crippen molar-refractivity contribution >= 4 is 96.3 Å². The fourth-order valence-electron chi connectivity index (χ4n) is 2.03. The minimum atomic E-state index is -1.32. The summed E-state index contributed by atoms with van der Waals surface area (Å²) < 4.78 is 9.15. The lowest BCUT2D eigenvalue weighted by Gasteiger charge is -2.20. The number of rotatable bonds is 5. The normalized spacial score (nSPS) is 13.4. The summed E-state index contributed by atoms with van der Waals surface area (Å²) in [5, 5.41) is 19.1. The highest BCUT2D eigenvalue weighted by Crippen LogP contribution is 2.37. The third kappa shape index (κ3) is 5.44. The monoisotopic (exact) mass is 791 g/mol. The molecule has 2 aromatic rings. The molecular formula is C16H13I4NO4. The molecule has 4 N–H and O–H groups in total. The number of halogens is 4. The van der Waals surface area contributed by atoms with Crippen molar-refractivity contribution in [3.05, 3.63) is 44.1 Å². The maximum Gasteiger partial charge on any atom is 0.323 e. The molecule has 0 unspecified atom stereocenters. The first-order valence-electron chi connectivity index (χ1n) is 6.87. The number of phenolic OH excluding ortho intramolecular Hbond substituents is 1. The SMILES string of the molecule is C[C@@](N)(Cc1cc(I)c(Oc2cc(I)c(O)c(I)c2)c(I)c1)C(=O)O. The number of aromatic hydroxyl groups is 1. The van der Waals surface area contributed by atoms with Crippen molar-refractivity contribution in [1.29, 1.82) is 0 Å². The predicted molar refractivity (Wildman–Crippen MR) is 129 cm³/mol. The summed E-state index contributed by atoms with van der Waals surface area (Å²) in [5.41, 5.74) is 5.35. The molecule has 0 fully saturated rings. The molecule has 0 aliphatic heterocycles. The molecule has 0 radical (unpaired) electrons. The van der Waals surface area contributed by atoms with Gasteiger partial charge < -0.3 is 20.7 Å². The van der Waals surface area contributed by atoms with Crippen molar-refractivity contribution in [3.8, 4) is 17.2 Å². The van der Waals surface area contributed by atoms with Gasteiger partial charge in [-0.15, -0.1) is 0 Å². The Balaban J connectivity index is 2.33. The van der Waals surface area contributed by atoms with E-state index in [4.69, 9.17) is 10.5 Å². The maximum atomic E-state index is 11.2. The number of aliphatic carboxylic acids is 1. The molecule has 1 atom stereocenters. The van der Waals surface area contributed by atoms with Crippen molar-refractivity contribution in [2.75, 3.05) is 0 Å². The van der Waals surface area contributed by atoms with E-state index < -0.39 is 11.5 Å². The molecule has 134 valence electrons. The van der Waals surface area contributed by atoms with Gasteiger partial charge in [0.05, 0.1) is 14.3 Å². The van der Waals surface area contributed by atoms with Gasteiger partial charge >= 0.3 is 5.97 Å². The van der Waals surface area contributed by atoms with Crippen LogP contribution in [0.1, 0.15) is 12.5 Å². The average molecular weight is 791 g/mol. The molecule has 2 aromatic carbocycles. The molecule has 9 heteroatoms. The fourth-order valence-corrected chi connectivity index (χ4v) is 5.86. The molecule has 5 nitrogen and oxygen atoms in total. The number of phenols is 1. The minimum Gasteiger partial charge on any atom is -0.506 e. The van der Waals surface area contributed by atoms with Crippen molar-refractivity contribution in [2.45, 2.75) is 18.9 Å². The van der Waals surface area contributed by atoms with Crippen LogP contribution in [0.5, 0.6) is 17.2 Å². The quantitative estimate of drug-likeness (QED) is 0.374. The topological polar surface area (TPSA) is 92.8 Å². The van der Waals surface area contributed by atoms with Crippen molar-refractivity contribution < 1.29 is 19.7 Å². The third-order valence-electron chi connectivity index (χ3n) is 3.33. The van der Waals surface area contributed by atoms with E-state index in [1.165, 1.54) is 6.92 Å². The highest BCUT2D eigenvalue weighted by atomic mass is 127. The van der Waals surface area contributed by atoms with Crippen LogP contribution in [-0.4, -0.2) is 21.7 Å². The van der Waals surface area contributed by atoms with Crippen LogP contribution in [0, 0.1) is 14.3 Å². The van der Waals surface area contributed by atoms with Gasteiger partial charge in [0.25, 0.3) is 0 Å². The molecule has 0 aliphatic carbocycles. The Morgan fingerprint density at radius 1 is 1.08 bits per heavy atom. The average Bonchev–Trinajstić information content (AvgIpc) is 2.47. The van der Waals surface area contributed by atoms with Gasteiger partial charge in [-0.2, -0.15) is 0 Å². The predicted octanol–water partition coefficient (Wildman–Crippen LogP) is 4.95. The van der Waals surface area contributed by atoms with Gasteiger partial charge in [-0.25, -0.2) is 0 Å². The van der Waals surface area contributed by atoms with Gasteiger partial charge in [0.1, 0.15) is 17.0 Å². The Hall–Kier alpha value is 0.390. The van der Waals surface area contributed by atoms with Crippen LogP contribution in [0.4, 0.5) is 0 Å². The first-order valence-corrected chi connectivity index (χ1v) is 11.2. The number of benzene rings is 2. The molecule has 0 saturated carbocycles. The van der Waals surface area contributed by atoms with Gasteiger partial charge in [-0.3, -0.25) is 4.79 Å². The number of carbonyl (C=O) groups is 1. The van der Waals surface area contributed by atoms with Gasteiger partial charge in [-0.05, 0) is 127 Å². The number of hydrogen-bond acceptors (Lipinski definition) is 4. The second-order valence-corrected chi connectivity index (χ2v) is 10.3. The van der Waals surface area contributed by atoms with Gasteiger partial charge in [0.2, 0.25) is 0 Å². The van der Waals surface area contributed by atoms with E-state index in [-0.39, 0.29) is 12.2 Å². The first-order chi connectivity index (χ1) is 11.5. The van der Waals surface area contributed by atoms with E-state index in [1.54, 1.807) is 12.1 Å². The summed E-state index contributed by atoms with van der Waals surface area (Å²) in [5.74, 6) is 0.524. The molecule has 0 heterocycles. The summed E-state index contributed by atoms with van der Waals surface area (Å²) in [6.45, 7) is 1.50. The second kappa shape index (κ2) is 8.60. The first kappa shape index (κ1) is 21.7. The minimum absolute atomic E-state index is 0.226. The van der Waals surface area contributed by atoms with E-state index in [2.05, 4.69) is 90.4 Å². The Labute approximate surface area is 199 Å². The molecule has 0 bridgehead atoms. The molecule has 0 saturated heterocycles. The van der Waals surface area contributed by atoms with Gasteiger partial charge in [0.15, 0.2) is 5.75 Å². The van der Waals surface area contributed by atoms with Gasteiger partial charge in [-0.1, -0.05) is 0 Å². The lowest BCUT2D eigenvalue weighted by molar-refractivity contribution is -0.142. The van der Waals surface area contributed by atoms with Gasteiger partial charge in [0, 0.05) is 6.42 Å². The highest BCUT2D eigenvalue weighted by molar-refractivity contribution is 14.1. The molecule has 0 spiro atoms. The van der Waals surface area contributed by atoms with Crippen LogP contribution >= 0.6 is 90.4 Å². The molecule has 25 heavy (non-hydrogen) atoms. The van der Waals surface area contributed by atoms with Crippen LogP contribution < -0.4 is 10.5 Å². The van der Waals surface area contributed by atoms with Crippen LogP contribution in [0.3, 0.4) is 0 Å². The van der Waals surface area contributed by atoms with E-state index in [9.17, 15) is 15.0 Å². The third-order valence-corrected chi connectivity index (χ3v) is 6.58. The smallest absolute Gasteiger partial charge is 0.323 e. The number of carboxylic acid groups (broad SMARTS) is 1. The molecule has 2 rings (SSSR count). The number of carboxylic acids is 1. The number of nitrogens with two attached hydrogens (primary N) is 1. The van der Waals surface area contributed by atoms with E-state index >= 15 is 0 Å². The standard InChI is InChI=1S/C16H13I4NO4/c1-16(21,15(23)24)6-7-2-11(19)14(12(20)3-7)25-8-4-9(17)13(22)10(18)5-8/h2-5,22H,6,21H2,1H3,(H,23,24)/t16-/m1/s1. The summed E-state index contributed by atoms with van der Waals surface area (Å²) in [6.07, 6.45) is 0.226. The zero-order valence-electron chi connectivity index (χ0n) is 12.8. The van der Waals surface area contributed by atoms with Crippen LogP contribution in [0.25, 0.3) is 0 Å². The largest absolute Gasteiger partial charge is 0.506 e. The Kier molecular flexibility index (Phi) is 7.46. The number of ether oxygens (including phenoxy) is 1. The summed E-state index contributed by atoms with van der Waals surface area (Å²) in [4.78, 5) is 11.2. The summed E-state index contributed by atoms with van der Waals surface area (Å²) in [7, 11) is 0. The zero-order valence-corrected chi connectivity index (χ0v) is 21.4. The Morgan fingerprint density at radius 3 is 2.00 bits per heavy atom. The lowest BCUT2D eigenvalue weighted by atomic mass is 9.94.